The fourth-order valence-corrected chi connectivity index (χ4v) is 0.581. The first-order valence-corrected chi connectivity index (χ1v) is 3.03. The summed E-state index contributed by atoms with van der Waals surface area (Å²) >= 11 is 0. The Hall–Kier alpha value is -1.96. The fourth-order valence-electron chi connectivity index (χ4n) is 0.581. The number of carbonyl (C=O) groups excluding carboxylic acids is 1. The molecule has 0 aromatic rings. The van der Waals surface area contributed by atoms with Crippen molar-refractivity contribution in [1.29, 1.82) is 0 Å². The summed E-state index contributed by atoms with van der Waals surface area (Å²) in [6, 6.07) is 0. The predicted octanol–water partition coefficient (Wildman–Crippen LogP) is -1.70. The van der Waals surface area contributed by atoms with Gasteiger partial charge in [-0.3, -0.25) is 9.79 Å². The molecular weight excluding hydrogens is 156 g/mol. The average Bonchev–Trinajstić information content (AvgIpc) is 2.03. The lowest BCUT2D eigenvalue weighted by molar-refractivity contribution is -0.114. The number of aliphatic imine (C=N–C) groups is 1. The Morgan fingerprint density at radius 1 is 1.42 bits per heavy atom. The van der Waals surface area contributed by atoms with Gasteiger partial charge in [-0.1, -0.05) is 5.92 Å². The zero-order valence-electron chi connectivity index (χ0n) is 6.66. The highest BCUT2D eigenvalue weighted by molar-refractivity contribution is 6.20. The highest BCUT2D eigenvalue weighted by Crippen LogP contribution is 1.97. The van der Waals surface area contributed by atoms with Gasteiger partial charge in [-0.05, 0) is 0 Å². The highest BCUT2D eigenvalue weighted by Gasteiger charge is 2.12. The molecule has 0 heterocycles. The van der Waals surface area contributed by atoms with E-state index in [-0.39, 0.29) is 17.1 Å². The molecule has 0 atom stereocenters. The molecule has 0 aliphatic heterocycles. The van der Waals surface area contributed by atoms with Gasteiger partial charge in [-0.2, -0.15) is 0 Å². The van der Waals surface area contributed by atoms with E-state index < -0.39 is 5.91 Å². The van der Waals surface area contributed by atoms with Crippen molar-refractivity contribution in [3.8, 4) is 12.3 Å². The van der Waals surface area contributed by atoms with Gasteiger partial charge < -0.3 is 17.2 Å². The van der Waals surface area contributed by atoms with E-state index in [1.54, 1.807) is 0 Å². The molecule has 0 saturated heterocycles. The van der Waals surface area contributed by atoms with Crippen molar-refractivity contribution in [2.75, 3.05) is 7.05 Å². The second kappa shape index (κ2) is 4.03. The topological polar surface area (TPSA) is 107 Å². The number of carbonyl (C=O) groups is 1. The third-order valence-electron chi connectivity index (χ3n) is 1.17. The molecule has 12 heavy (non-hydrogen) atoms. The lowest BCUT2D eigenvalue weighted by atomic mass is 10.2. The van der Waals surface area contributed by atoms with Gasteiger partial charge in [0.2, 0.25) is 0 Å². The number of nitrogens with zero attached hydrogens (tertiary/aromatic N) is 1. The number of hydrogen-bond acceptors (Lipinski definition) is 3. The number of allylic oxidation sites excluding steroid dienone is 1. The molecule has 6 N–H and O–H groups in total. The number of rotatable bonds is 2. The lowest BCUT2D eigenvalue weighted by Gasteiger charge is -2.02. The van der Waals surface area contributed by atoms with Gasteiger partial charge in [0.25, 0.3) is 5.91 Å². The number of amides is 1. The molecule has 1 amide bonds. The summed E-state index contributed by atoms with van der Waals surface area (Å²) in [5.74, 6) is 1.22. The van der Waals surface area contributed by atoms with E-state index in [1.807, 2.05) is 0 Å². The molecule has 0 unspecified atom stereocenters. The quantitative estimate of drug-likeness (QED) is 0.197. The van der Waals surface area contributed by atoms with Gasteiger partial charge in [0.15, 0.2) is 0 Å². The Balaban J connectivity index is 5.24. The molecule has 0 aliphatic carbocycles. The maximum atomic E-state index is 10.7. The van der Waals surface area contributed by atoms with Crippen LogP contribution >= 0.6 is 0 Å². The van der Waals surface area contributed by atoms with Crippen LogP contribution in [0.2, 0.25) is 0 Å². The fraction of sp³-hybridized carbons (Fsp3) is 0.143. The number of nitrogens with two attached hydrogens (primary N) is 3. The van der Waals surface area contributed by atoms with Crippen molar-refractivity contribution in [2.45, 2.75) is 0 Å². The summed E-state index contributed by atoms with van der Waals surface area (Å²) in [7, 11) is 1.40. The first-order valence-electron chi connectivity index (χ1n) is 3.03. The Morgan fingerprint density at radius 3 is 2.17 bits per heavy atom. The van der Waals surface area contributed by atoms with Gasteiger partial charge >= 0.3 is 0 Å². The summed E-state index contributed by atoms with van der Waals surface area (Å²) in [6.07, 6.45) is 4.95. The SMILES string of the molecule is C#CC(N)=C(C(N)=O)C(N)=NC. The maximum absolute atomic E-state index is 10.7. The van der Waals surface area contributed by atoms with Gasteiger partial charge in [-0.15, -0.1) is 6.42 Å². The monoisotopic (exact) mass is 166 g/mol. The van der Waals surface area contributed by atoms with Crippen LogP contribution in [0.4, 0.5) is 0 Å². The standard InChI is InChI=1S/C7H10N4O/c1-3-4(8)5(7(10)12)6(9)11-2/h1H,8H2,2H3,(H2,9,11)(H2,10,12). The molecule has 0 saturated carbocycles. The third-order valence-corrected chi connectivity index (χ3v) is 1.17. The molecule has 5 nitrogen and oxygen atoms in total. The van der Waals surface area contributed by atoms with Crippen molar-refractivity contribution in [3.63, 3.8) is 0 Å². The van der Waals surface area contributed by atoms with Crippen LogP contribution in [0.3, 0.4) is 0 Å². The summed E-state index contributed by atoms with van der Waals surface area (Å²) in [6.45, 7) is 0. The Labute approximate surface area is 70.3 Å². The average molecular weight is 166 g/mol. The Kier molecular flexibility index (Phi) is 3.37. The minimum absolute atomic E-state index is 0.0575. The van der Waals surface area contributed by atoms with Crippen LogP contribution in [0.15, 0.2) is 16.3 Å². The largest absolute Gasteiger partial charge is 0.391 e. The first-order chi connectivity index (χ1) is 5.54. The van der Waals surface area contributed by atoms with Crippen LogP contribution in [0.1, 0.15) is 0 Å². The second-order valence-corrected chi connectivity index (χ2v) is 1.91. The predicted molar refractivity (Wildman–Crippen MR) is 46.8 cm³/mol. The van der Waals surface area contributed by atoms with Gasteiger partial charge in [0.1, 0.15) is 11.4 Å². The summed E-state index contributed by atoms with van der Waals surface area (Å²) in [5.41, 5.74) is 15.3. The zero-order chi connectivity index (χ0) is 9.72. The minimum atomic E-state index is -0.784. The van der Waals surface area contributed by atoms with Crippen LogP contribution in [0.25, 0.3) is 0 Å². The van der Waals surface area contributed by atoms with Crippen molar-refractivity contribution in [2.24, 2.45) is 22.2 Å². The van der Waals surface area contributed by atoms with E-state index >= 15 is 0 Å². The molecule has 0 radical (unpaired) electrons. The van der Waals surface area contributed by atoms with Gasteiger partial charge in [0, 0.05) is 7.05 Å². The molecule has 0 bridgehead atoms. The van der Waals surface area contributed by atoms with Crippen LogP contribution in [0, 0.1) is 12.3 Å². The van der Waals surface area contributed by atoms with Crippen molar-refractivity contribution in [3.05, 3.63) is 11.3 Å². The number of amidine groups is 1. The van der Waals surface area contributed by atoms with Gasteiger partial charge in [0.05, 0.1) is 5.70 Å². The van der Waals surface area contributed by atoms with E-state index in [4.69, 9.17) is 23.6 Å². The van der Waals surface area contributed by atoms with Crippen molar-refractivity contribution >= 4 is 11.7 Å². The summed E-state index contributed by atoms with van der Waals surface area (Å²) in [4.78, 5) is 14.3. The molecule has 0 aliphatic rings. The number of primary amides is 1. The Bertz CT molecular complexity index is 295. The van der Waals surface area contributed by atoms with Crippen LogP contribution in [0.5, 0.6) is 0 Å². The number of terminal acetylenes is 1. The third kappa shape index (κ3) is 2.02. The van der Waals surface area contributed by atoms with Crippen LogP contribution < -0.4 is 17.2 Å². The van der Waals surface area contributed by atoms with E-state index in [0.29, 0.717) is 0 Å². The molecule has 0 fully saturated rings. The van der Waals surface area contributed by atoms with Gasteiger partial charge in [-0.25, -0.2) is 0 Å². The summed E-state index contributed by atoms with van der Waals surface area (Å²) in [5, 5.41) is 0. The minimum Gasteiger partial charge on any atom is -0.391 e. The molecular formula is C7H10N4O. The molecule has 64 valence electrons. The normalized spacial score (nSPS) is 13.2. The van der Waals surface area contributed by atoms with E-state index in [1.165, 1.54) is 7.05 Å². The van der Waals surface area contributed by atoms with E-state index in [0.717, 1.165) is 0 Å². The zero-order valence-corrected chi connectivity index (χ0v) is 6.66. The Morgan fingerprint density at radius 2 is 1.92 bits per heavy atom. The number of hydrogen-bond donors (Lipinski definition) is 3. The van der Waals surface area contributed by atoms with E-state index in [2.05, 4.69) is 10.9 Å². The molecule has 0 spiro atoms. The first kappa shape index (κ1) is 10.0. The van der Waals surface area contributed by atoms with E-state index in [9.17, 15) is 4.79 Å². The smallest absolute Gasteiger partial charge is 0.255 e. The molecule has 0 aromatic carbocycles. The maximum Gasteiger partial charge on any atom is 0.255 e. The molecule has 5 heteroatoms. The molecule has 0 aromatic heterocycles. The van der Waals surface area contributed by atoms with Crippen molar-refractivity contribution < 1.29 is 4.79 Å². The van der Waals surface area contributed by atoms with Crippen LogP contribution in [-0.4, -0.2) is 18.8 Å². The van der Waals surface area contributed by atoms with Crippen molar-refractivity contribution in [1.82, 2.24) is 0 Å². The highest BCUT2D eigenvalue weighted by atomic mass is 16.1. The summed E-state index contributed by atoms with van der Waals surface area (Å²) < 4.78 is 0. The lowest BCUT2D eigenvalue weighted by Crippen LogP contribution is -2.29. The molecule has 0 rings (SSSR count). The second-order valence-electron chi connectivity index (χ2n) is 1.91. The van der Waals surface area contributed by atoms with Crippen LogP contribution in [-0.2, 0) is 4.79 Å².